The van der Waals surface area contributed by atoms with Crippen molar-refractivity contribution in [2.75, 3.05) is 37.3 Å². The zero-order valence-electron chi connectivity index (χ0n) is 15.2. The number of nitrogens with zero attached hydrogens (tertiary/aromatic N) is 6. The van der Waals surface area contributed by atoms with Crippen LogP contribution < -0.4 is 10.2 Å². The van der Waals surface area contributed by atoms with Crippen molar-refractivity contribution in [3.8, 4) is 0 Å². The second kappa shape index (κ2) is 7.04. The fourth-order valence-electron chi connectivity index (χ4n) is 3.81. The molecule has 0 radical (unpaired) electrons. The number of amides is 1. The number of fused-ring (bicyclic) bond motifs is 1. The van der Waals surface area contributed by atoms with Gasteiger partial charge in [0.25, 0.3) is 0 Å². The van der Waals surface area contributed by atoms with E-state index in [9.17, 15) is 13.2 Å². The maximum atomic E-state index is 12.6. The van der Waals surface area contributed by atoms with E-state index < -0.39 is 10.0 Å². The van der Waals surface area contributed by atoms with E-state index >= 15 is 0 Å². The zero-order chi connectivity index (χ0) is 19.0. The summed E-state index contributed by atoms with van der Waals surface area (Å²) < 4.78 is 26.4. The molecule has 10 nitrogen and oxygen atoms in total. The summed E-state index contributed by atoms with van der Waals surface area (Å²) in [7, 11) is -3.17. The molecule has 27 heavy (non-hydrogen) atoms. The Balaban J connectivity index is 1.34. The van der Waals surface area contributed by atoms with Gasteiger partial charge in [0.15, 0.2) is 5.82 Å². The van der Waals surface area contributed by atoms with E-state index in [0.29, 0.717) is 38.1 Å². The Morgan fingerprint density at radius 3 is 2.74 bits per heavy atom. The van der Waals surface area contributed by atoms with Gasteiger partial charge in [0.1, 0.15) is 6.33 Å². The molecule has 0 bridgehead atoms. The molecule has 1 N–H and O–H groups in total. The first kappa shape index (κ1) is 18.1. The largest absolute Gasteiger partial charge is 0.351 e. The predicted octanol–water partition coefficient (Wildman–Crippen LogP) is -0.509. The molecule has 2 aliphatic heterocycles. The Bertz CT molecular complexity index is 936. The number of anilines is 1. The highest BCUT2D eigenvalue weighted by Gasteiger charge is 2.32. The highest BCUT2D eigenvalue weighted by molar-refractivity contribution is 7.88. The molecule has 0 saturated carbocycles. The molecule has 2 aromatic heterocycles. The van der Waals surface area contributed by atoms with Gasteiger partial charge in [0, 0.05) is 50.5 Å². The third-order valence-corrected chi connectivity index (χ3v) is 6.63. The number of carbonyl (C=O) groups excluding carboxylic acids is 1. The van der Waals surface area contributed by atoms with E-state index in [4.69, 9.17) is 0 Å². The highest BCUT2D eigenvalue weighted by Crippen LogP contribution is 2.23. The fraction of sp³-hybridized carbons (Fsp3) is 0.625. The zero-order valence-corrected chi connectivity index (χ0v) is 16.0. The van der Waals surface area contributed by atoms with Gasteiger partial charge in [-0.3, -0.25) is 9.20 Å². The van der Waals surface area contributed by atoms with Crippen molar-refractivity contribution < 1.29 is 13.2 Å². The molecule has 4 rings (SSSR count). The van der Waals surface area contributed by atoms with Gasteiger partial charge in [-0.25, -0.2) is 17.7 Å². The molecule has 146 valence electrons. The number of rotatable bonds is 4. The Labute approximate surface area is 157 Å². The Hall–Kier alpha value is -2.27. The number of aromatic nitrogens is 4. The molecule has 0 aliphatic carbocycles. The lowest BCUT2D eigenvalue weighted by atomic mass is 9.97. The number of carbonyl (C=O) groups is 1. The van der Waals surface area contributed by atoms with Gasteiger partial charge in [-0.15, -0.1) is 10.2 Å². The molecule has 0 unspecified atom stereocenters. The second-order valence-electron chi connectivity index (χ2n) is 7.19. The van der Waals surface area contributed by atoms with Crippen molar-refractivity contribution in [2.45, 2.75) is 25.3 Å². The molecule has 2 aliphatic rings. The maximum Gasteiger partial charge on any atom is 0.223 e. The van der Waals surface area contributed by atoms with Crippen LogP contribution in [0.25, 0.3) is 5.65 Å². The molecule has 4 heterocycles. The minimum atomic E-state index is -3.17. The van der Waals surface area contributed by atoms with Crippen molar-refractivity contribution >= 4 is 27.4 Å². The summed E-state index contributed by atoms with van der Waals surface area (Å²) in [6.07, 6.45) is 8.34. The van der Waals surface area contributed by atoms with Crippen molar-refractivity contribution in [1.29, 1.82) is 0 Å². The summed E-state index contributed by atoms with van der Waals surface area (Å²) in [6.45, 7) is 2.28. The van der Waals surface area contributed by atoms with Crippen LogP contribution in [0.3, 0.4) is 0 Å². The second-order valence-corrected chi connectivity index (χ2v) is 9.17. The smallest absolute Gasteiger partial charge is 0.223 e. The fourth-order valence-corrected chi connectivity index (χ4v) is 4.68. The Kier molecular flexibility index (Phi) is 4.72. The molecular formula is C16H23N7O3S. The van der Waals surface area contributed by atoms with Gasteiger partial charge in [0.05, 0.1) is 6.26 Å². The first-order chi connectivity index (χ1) is 12.9. The first-order valence-electron chi connectivity index (χ1n) is 9.06. The highest BCUT2D eigenvalue weighted by atomic mass is 32.2. The molecule has 1 atom stereocenters. The summed E-state index contributed by atoms with van der Waals surface area (Å²) in [6, 6.07) is 0.0513. The van der Waals surface area contributed by atoms with Gasteiger partial charge in [0.2, 0.25) is 21.6 Å². The molecule has 1 amide bonds. The van der Waals surface area contributed by atoms with Crippen LogP contribution in [0.4, 0.5) is 5.82 Å². The van der Waals surface area contributed by atoms with Crippen molar-refractivity contribution in [1.82, 2.24) is 29.2 Å². The van der Waals surface area contributed by atoms with E-state index in [1.807, 2.05) is 4.40 Å². The van der Waals surface area contributed by atoms with Crippen LogP contribution in [-0.4, -0.2) is 76.7 Å². The lowest BCUT2D eigenvalue weighted by Crippen LogP contribution is -2.45. The molecular weight excluding hydrogens is 370 g/mol. The normalized spacial score (nSPS) is 22.4. The number of sulfonamides is 1. The van der Waals surface area contributed by atoms with Crippen LogP contribution in [0.1, 0.15) is 19.3 Å². The quantitative estimate of drug-likeness (QED) is 0.744. The van der Waals surface area contributed by atoms with E-state index in [2.05, 4.69) is 25.4 Å². The summed E-state index contributed by atoms with van der Waals surface area (Å²) in [5.74, 6) is 0.659. The average Bonchev–Trinajstić information content (AvgIpc) is 3.30. The molecule has 2 saturated heterocycles. The van der Waals surface area contributed by atoms with Crippen LogP contribution in [0.5, 0.6) is 0 Å². The topological polar surface area (TPSA) is 113 Å². The third-order valence-electron chi connectivity index (χ3n) is 5.33. The third kappa shape index (κ3) is 3.74. The Morgan fingerprint density at radius 2 is 2.00 bits per heavy atom. The van der Waals surface area contributed by atoms with E-state index in [1.165, 1.54) is 10.6 Å². The lowest BCUT2D eigenvalue weighted by Gasteiger charge is -2.30. The Morgan fingerprint density at radius 1 is 1.22 bits per heavy atom. The van der Waals surface area contributed by atoms with Crippen LogP contribution in [0, 0.1) is 5.92 Å². The summed E-state index contributed by atoms with van der Waals surface area (Å²) in [5, 5.41) is 11.2. The molecule has 0 aromatic carbocycles. The van der Waals surface area contributed by atoms with Gasteiger partial charge in [-0.2, -0.15) is 0 Å². The average molecular weight is 393 g/mol. The maximum absolute atomic E-state index is 12.6. The van der Waals surface area contributed by atoms with Gasteiger partial charge >= 0.3 is 0 Å². The van der Waals surface area contributed by atoms with Crippen molar-refractivity contribution in [2.24, 2.45) is 5.92 Å². The summed E-state index contributed by atoms with van der Waals surface area (Å²) >= 11 is 0. The van der Waals surface area contributed by atoms with Crippen LogP contribution >= 0.6 is 0 Å². The minimum Gasteiger partial charge on any atom is -0.351 e. The van der Waals surface area contributed by atoms with Gasteiger partial charge in [-0.05, 0) is 19.3 Å². The molecule has 2 aromatic rings. The molecule has 0 spiro atoms. The molecule has 2 fully saturated rings. The van der Waals surface area contributed by atoms with Crippen LogP contribution in [-0.2, 0) is 14.8 Å². The number of hydrogen-bond donors (Lipinski definition) is 1. The monoisotopic (exact) mass is 393 g/mol. The number of piperidine rings is 1. The van der Waals surface area contributed by atoms with Crippen LogP contribution in [0.2, 0.25) is 0 Å². The minimum absolute atomic E-state index is 0.0173. The van der Waals surface area contributed by atoms with Gasteiger partial charge in [-0.1, -0.05) is 0 Å². The van der Waals surface area contributed by atoms with Gasteiger partial charge < -0.3 is 10.2 Å². The first-order valence-corrected chi connectivity index (χ1v) is 10.9. The standard InChI is InChI=1S/C16H23N7O3S/c1-27(25,26)23-7-2-12(3-8-23)16(24)19-13-4-6-21(10-13)14-15-20-18-11-22(15)9-5-17-14/h5,9,11-13H,2-4,6-8,10H2,1H3,(H,19,24)/t13-/m1/s1. The molecule has 11 heteroatoms. The van der Waals surface area contributed by atoms with Crippen LogP contribution in [0.15, 0.2) is 18.7 Å². The number of hydrogen-bond acceptors (Lipinski definition) is 7. The summed E-state index contributed by atoms with van der Waals surface area (Å²) in [5.41, 5.74) is 0.706. The number of nitrogens with one attached hydrogen (secondary N) is 1. The van der Waals surface area contributed by atoms with E-state index in [-0.39, 0.29) is 17.9 Å². The van der Waals surface area contributed by atoms with E-state index in [1.54, 1.807) is 18.7 Å². The predicted molar refractivity (Wildman–Crippen MR) is 98.7 cm³/mol. The SMILES string of the molecule is CS(=O)(=O)N1CCC(C(=O)N[C@@H]2CCN(c3nccn4cnnc34)C2)CC1. The van der Waals surface area contributed by atoms with E-state index in [0.717, 1.165) is 18.8 Å². The summed E-state index contributed by atoms with van der Waals surface area (Å²) in [4.78, 5) is 19.1. The lowest BCUT2D eigenvalue weighted by molar-refractivity contribution is -0.126. The van der Waals surface area contributed by atoms with Crippen molar-refractivity contribution in [3.63, 3.8) is 0 Å². The van der Waals surface area contributed by atoms with Crippen molar-refractivity contribution in [3.05, 3.63) is 18.7 Å².